The van der Waals surface area contributed by atoms with Crippen LogP contribution in [0.1, 0.15) is 37.9 Å². The number of nitrogens with two attached hydrogens (primary N) is 1. The van der Waals surface area contributed by atoms with E-state index >= 15 is 0 Å². The molecule has 0 bridgehead atoms. The molecule has 1 saturated carbocycles. The lowest BCUT2D eigenvalue weighted by Crippen LogP contribution is -2.27. The van der Waals surface area contributed by atoms with Crippen LogP contribution in [0.25, 0.3) is 11.0 Å². The largest absolute Gasteiger partial charge is 0.383 e. The molecule has 2 fully saturated rings. The highest BCUT2D eigenvalue weighted by Crippen LogP contribution is 2.51. The van der Waals surface area contributed by atoms with Gasteiger partial charge >= 0.3 is 0 Å². The molecule has 1 aliphatic heterocycles. The molecule has 4 atom stereocenters. The van der Waals surface area contributed by atoms with Gasteiger partial charge in [-0.2, -0.15) is 5.10 Å². The van der Waals surface area contributed by atoms with Crippen LogP contribution in [0.15, 0.2) is 30.9 Å². The molecular formula is C17H20N6O2. The molecule has 3 N–H and O–H groups in total. The second-order valence-electron chi connectivity index (χ2n) is 7.21. The number of anilines is 1. The molecule has 25 heavy (non-hydrogen) atoms. The van der Waals surface area contributed by atoms with Crippen molar-refractivity contribution in [2.45, 2.75) is 50.2 Å². The van der Waals surface area contributed by atoms with E-state index in [0.29, 0.717) is 5.82 Å². The standard InChI is InChI=1S/C17H20N6O2/c1-17(2)24-13-10(11-3-5-21-22-11)7-12(14(13)25-17)23-6-4-9-15(18)19-8-20-16(9)23/h3-6,8,10,12-14H,7H2,1-2H3,(H,21,22)(H2,18,19,20)/t10-,12-,13-,14+/m1/s1. The van der Waals surface area contributed by atoms with Gasteiger partial charge < -0.3 is 19.8 Å². The summed E-state index contributed by atoms with van der Waals surface area (Å²) >= 11 is 0. The van der Waals surface area contributed by atoms with E-state index in [1.807, 2.05) is 32.2 Å². The van der Waals surface area contributed by atoms with Crippen LogP contribution in [0.3, 0.4) is 0 Å². The Kier molecular flexibility index (Phi) is 2.99. The molecule has 0 amide bonds. The molecule has 3 aromatic heterocycles. The van der Waals surface area contributed by atoms with Gasteiger partial charge in [0.2, 0.25) is 0 Å². The quantitative estimate of drug-likeness (QED) is 0.739. The lowest BCUT2D eigenvalue weighted by molar-refractivity contribution is -0.157. The summed E-state index contributed by atoms with van der Waals surface area (Å²) in [5.41, 5.74) is 7.89. The summed E-state index contributed by atoms with van der Waals surface area (Å²) < 4.78 is 14.6. The van der Waals surface area contributed by atoms with Gasteiger partial charge in [0.15, 0.2) is 5.79 Å². The fourth-order valence-electron chi connectivity index (χ4n) is 4.26. The van der Waals surface area contributed by atoms with Gasteiger partial charge in [0, 0.05) is 24.0 Å². The van der Waals surface area contributed by atoms with Gasteiger partial charge in [-0.05, 0) is 32.4 Å². The molecule has 130 valence electrons. The fourth-order valence-corrected chi connectivity index (χ4v) is 4.26. The first kappa shape index (κ1) is 14.9. The van der Waals surface area contributed by atoms with Gasteiger partial charge in [-0.1, -0.05) is 0 Å². The van der Waals surface area contributed by atoms with Crippen molar-refractivity contribution in [2.75, 3.05) is 5.73 Å². The Morgan fingerprint density at radius 1 is 1.24 bits per heavy atom. The van der Waals surface area contributed by atoms with Crippen molar-refractivity contribution in [3.63, 3.8) is 0 Å². The zero-order chi connectivity index (χ0) is 17.2. The van der Waals surface area contributed by atoms with Gasteiger partial charge in [0.05, 0.1) is 17.5 Å². The van der Waals surface area contributed by atoms with Gasteiger partial charge in [-0.15, -0.1) is 0 Å². The summed E-state index contributed by atoms with van der Waals surface area (Å²) in [5.74, 6) is 0.0757. The average Bonchev–Trinajstić information content (AvgIpc) is 3.30. The van der Waals surface area contributed by atoms with Crippen molar-refractivity contribution in [3.8, 4) is 0 Å². The van der Waals surface area contributed by atoms with E-state index < -0.39 is 5.79 Å². The molecule has 1 aliphatic carbocycles. The third-order valence-corrected chi connectivity index (χ3v) is 5.25. The van der Waals surface area contributed by atoms with Crippen LogP contribution >= 0.6 is 0 Å². The van der Waals surface area contributed by atoms with Crippen molar-refractivity contribution in [1.29, 1.82) is 0 Å². The number of nitrogens with zero attached hydrogens (tertiary/aromatic N) is 4. The number of aromatic nitrogens is 5. The van der Waals surface area contributed by atoms with Crippen LogP contribution in [-0.4, -0.2) is 42.7 Å². The minimum atomic E-state index is -0.608. The van der Waals surface area contributed by atoms with Crippen molar-refractivity contribution < 1.29 is 9.47 Å². The number of nitrogen functional groups attached to an aromatic ring is 1. The number of H-pyrrole nitrogens is 1. The summed E-state index contributed by atoms with van der Waals surface area (Å²) in [7, 11) is 0. The minimum absolute atomic E-state index is 0.0305. The second-order valence-corrected chi connectivity index (χ2v) is 7.21. The highest BCUT2D eigenvalue weighted by Gasteiger charge is 2.55. The highest BCUT2D eigenvalue weighted by molar-refractivity contribution is 5.86. The average molecular weight is 340 g/mol. The van der Waals surface area contributed by atoms with Crippen LogP contribution in [-0.2, 0) is 9.47 Å². The van der Waals surface area contributed by atoms with E-state index in [4.69, 9.17) is 15.2 Å². The molecular weight excluding hydrogens is 320 g/mol. The van der Waals surface area contributed by atoms with Crippen LogP contribution in [0.4, 0.5) is 5.82 Å². The molecule has 3 aromatic rings. The van der Waals surface area contributed by atoms with Crippen molar-refractivity contribution in [3.05, 3.63) is 36.5 Å². The van der Waals surface area contributed by atoms with Gasteiger partial charge in [-0.3, -0.25) is 5.10 Å². The van der Waals surface area contributed by atoms with E-state index in [-0.39, 0.29) is 24.2 Å². The maximum absolute atomic E-state index is 6.26. The first-order valence-electron chi connectivity index (χ1n) is 8.45. The Morgan fingerprint density at radius 2 is 2.08 bits per heavy atom. The Bertz CT molecular complexity index is 919. The Balaban J connectivity index is 1.60. The van der Waals surface area contributed by atoms with Gasteiger partial charge in [0.1, 0.15) is 23.9 Å². The van der Waals surface area contributed by atoms with Crippen molar-refractivity contribution >= 4 is 16.9 Å². The first-order chi connectivity index (χ1) is 12.0. The summed E-state index contributed by atoms with van der Waals surface area (Å²) in [4.78, 5) is 8.52. The zero-order valence-corrected chi connectivity index (χ0v) is 14.1. The van der Waals surface area contributed by atoms with Gasteiger partial charge in [-0.25, -0.2) is 9.97 Å². The molecule has 8 nitrogen and oxygen atoms in total. The maximum atomic E-state index is 6.26. The Hall–Kier alpha value is -2.45. The summed E-state index contributed by atoms with van der Waals surface area (Å²) in [5, 5.41) is 8.06. The predicted molar refractivity (Wildman–Crippen MR) is 90.7 cm³/mol. The Labute approximate surface area is 144 Å². The third kappa shape index (κ3) is 2.17. The van der Waals surface area contributed by atoms with E-state index in [9.17, 15) is 0 Å². The third-order valence-electron chi connectivity index (χ3n) is 5.25. The van der Waals surface area contributed by atoms with Gasteiger partial charge in [0.25, 0.3) is 0 Å². The van der Waals surface area contributed by atoms with Crippen molar-refractivity contribution in [2.24, 2.45) is 0 Å². The lowest BCUT2D eigenvalue weighted by atomic mass is 10.0. The zero-order valence-electron chi connectivity index (χ0n) is 14.1. The summed E-state index contributed by atoms with van der Waals surface area (Å²) in [6.07, 6.45) is 6.08. The first-order valence-corrected chi connectivity index (χ1v) is 8.45. The monoisotopic (exact) mass is 340 g/mol. The molecule has 0 unspecified atom stereocenters. The highest BCUT2D eigenvalue weighted by atomic mass is 16.8. The summed E-state index contributed by atoms with van der Waals surface area (Å²) in [6, 6.07) is 4.07. The van der Waals surface area contributed by atoms with Crippen LogP contribution in [0, 0.1) is 0 Å². The SMILES string of the molecule is CC1(C)O[C@@H]2[C@H](O1)[C@@H](c1ccn[nH]1)C[C@H]2n1ccc2c(N)ncnc21. The number of hydrogen-bond donors (Lipinski definition) is 2. The normalized spacial score (nSPS) is 30.8. The predicted octanol–water partition coefficient (Wildman–Crippen LogP) is 1.99. The molecule has 4 heterocycles. The molecule has 0 spiro atoms. The minimum Gasteiger partial charge on any atom is -0.383 e. The topological polar surface area (TPSA) is 104 Å². The fraction of sp³-hybridized carbons (Fsp3) is 0.471. The van der Waals surface area contributed by atoms with Crippen LogP contribution in [0.5, 0.6) is 0 Å². The van der Waals surface area contributed by atoms with E-state index in [0.717, 1.165) is 23.1 Å². The summed E-state index contributed by atoms with van der Waals surface area (Å²) in [6.45, 7) is 3.92. The lowest BCUT2D eigenvalue weighted by Gasteiger charge is -2.24. The number of aromatic amines is 1. The number of fused-ring (bicyclic) bond motifs is 2. The second kappa shape index (κ2) is 5.03. The molecule has 8 heteroatoms. The number of nitrogens with one attached hydrogen (secondary N) is 1. The van der Waals surface area contributed by atoms with Crippen LogP contribution < -0.4 is 5.73 Å². The number of rotatable bonds is 2. The van der Waals surface area contributed by atoms with E-state index in [1.54, 1.807) is 6.20 Å². The molecule has 5 rings (SSSR count). The number of hydrogen-bond acceptors (Lipinski definition) is 6. The molecule has 0 radical (unpaired) electrons. The van der Waals surface area contributed by atoms with E-state index in [2.05, 4.69) is 24.7 Å². The number of ether oxygens (including phenoxy) is 2. The van der Waals surface area contributed by atoms with Crippen LogP contribution in [0.2, 0.25) is 0 Å². The smallest absolute Gasteiger partial charge is 0.163 e. The Morgan fingerprint density at radius 3 is 2.88 bits per heavy atom. The van der Waals surface area contributed by atoms with Crippen molar-refractivity contribution in [1.82, 2.24) is 24.7 Å². The van der Waals surface area contributed by atoms with E-state index in [1.165, 1.54) is 6.33 Å². The maximum Gasteiger partial charge on any atom is 0.163 e. The molecule has 2 aliphatic rings. The molecule has 1 saturated heterocycles. The molecule has 0 aromatic carbocycles.